The first kappa shape index (κ1) is 17.2. The summed E-state index contributed by atoms with van der Waals surface area (Å²) in [6, 6.07) is 10.1. The average Bonchev–Trinajstić information content (AvgIpc) is 2.82. The normalized spacial score (nSPS) is 13.2. The first-order valence-electron chi connectivity index (χ1n) is 7.86. The lowest BCUT2D eigenvalue weighted by Crippen LogP contribution is -2.07. The summed E-state index contributed by atoms with van der Waals surface area (Å²) in [6.07, 6.45) is 1.47. The second-order valence-electron chi connectivity index (χ2n) is 5.96. The van der Waals surface area contributed by atoms with Crippen molar-refractivity contribution in [3.05, 3.63) is 63.7 Å². The van der Waals surface area contributed by atoms with E-state index < -0.39 is 0 Å². The van der Waals surface area contributed by atoms with Gasteiger partial charge in [0.05, 0.1) is 23.8 Å². The summed E-state index contributed by atoms with van der Waals surface area (Å²) in [5.74, 6) is 0.327. The second-order valence-corrected chi connectivity index (χ2v) is 6.37. The molecule has 0 fully saturated rings. The molecule has 2 aromatic rings. The van der Waals surface area contributed by atoms with Crippen LogP contribution in [0.15, 0.2) is 42.0 Å². The molecule has 4 nitrogen and oxygen atoms in total. The smallest absolute Gasteiger partial charge is 0.197 e. The molecule has 0 aromatic heterocycles. The molecule has 0 amide bonds. The number of ether oxygens (including phenoxy) is 2. The Morgan fingerprint density at radius 1 is 1.04 bits per heavy atom. The Bertz CT molecular complexity index is 860. The van der Waals surface area contributed by atoms with Gasteiger partial charge < -0.3 is 9.47 Å². The van der Waals surface area contributed by atoms with Crippen molar-refractivity contribution in [2.45, 2.75) is 20.0 Å². The van der Waals surface area contributed by atoms with E-state index in [4.69, 9.17) is 21.1 Å². The Labute approximate surface area is 151 Å². The molecular formula is C20H17ClO4. The van der Waals surface area contributed by atoms with Gasteiger partial charge >= 0.3 is 0 Å². The minimum absolute atomic E-state index is 0.0666. The van der Waals surface area contributed by atoms with Crippen molar-refractivity contribution in [3.8, 4) is 11.5 Å². The number of halogens is 1. The molecule has 0 aliphatic heterocycles. The van der Waals surface area contributed by atoms with Crippen LogP contribution in [0.1, 0.15) is 40.1 Å². The number of fused-ring (bicyclic) bond motifs is 1. The van der Waals surface area contributed by atoms with Gasteiger partial charge in [-0.05, 0) is 37.6 Å². The molecule has 128 valence electrons. The van der Waals surface area contributed by atoms with Crippen LogP contribution in [0.25, 0.3) is 6.08 Å². The quantitative estimate of drug-likeness (QED) is 0.593. The fourth-order valence-electron chi connectivity index (χ4n) is 2.74. The van der Waals surface area contributed by atoms with Crippen molar-refractivity contribution in [2.75, 3.05) is 7.11 Å². The fraction of sp³-hybridized carbons (Fsp3) is 0.200. The lowest BCUT2D eigenvalue weighted by Gasteiger charge is -2.15. The molecule has 0 saturated heterocycles. The maximum Gasteiger partial charge on any atom is 0.197 e. The highest BCUT2D eigenvalue weighted by atomic mass is 35.5. The SMILES string of the molecule is COc1cc(C=C2C(=O)c3ccccc3C2=O)cc(Cl)c1OC(C)C. The van der Waals surface area contributed by atoms with E-state index in [9.17, 15) is 9.59 Å². The van der Waals surface area contributed by atoms with Gasteiger partial charge in [-0.15, -0.1) is 0 Å². The van der Waals surface area contributed by atoms with E-state index in [1.165, 1.54) is 13.2 Å². The Hall–Kier alpha value is -2.59. The topological polar surface area (TPSA) is 52.6 Å². The summed E-state index contributed by atoms with van der Waals surface area (Å²) in [5, 5.41) is 0.357. The van der Waals surface area contributed by atoms with Crippen LogP contribution in [-0.2, 0) is 0 Å². The lowest BCUT2D eigenvalue weighted by molar-refractivity contribution is 0.0990. The third-order valence-electron chi connectivity index (χ3n) is 3.82. The molecule has 0 heterocycles. The number of hydrogen-bond acceptors (Lipinski definition) is 4. The third kappa shape index (κ3) is 3.17. The van der Waals surface area contributed by atoms with Crippen LogP contribution in [0, 0.1) is 0 Å². The average molecular weight is 357 g/mol. The zero-order chi connectivity index (χ0) is 18.1. The van der Waals surface area contributed by atoms with Gasteiger partial charge in [0.2, 0.25) is 0 Å². The van der Waals surface area contributed by atoms with E-state index in [0.29, 0.717) is 33.2 Å². The zero-order valence-corrected chi connectivity index (χ0v) is 14.9. The van der Waals surface area contributed by atoms with Gasteiger partial charge in [0.1, 0.15) is 0 Å². The monoisotopic (exact) mass is 356 g/mol. The number of carbonyl (C=O) groups is 2. The number of benzene rings is 2. The predicted molar refractivity (Wildman–Crippen MR) is 96.8 cm³/mol. The van der Waals surface area contributed by atoms with Gasteiger partial charge in [-0.25, -0.2) is 0 Å². The van der Waals surface area contributed by atoms with E-state index in [0.717, 1.165) is 0 Å². The van der Waals surface area contributed by atoms with E-state index in [1.54, 1.807) is 36.4 Å². The maximum atomic E-state index is 12.5. The van der Waals surface area contributed by atoms with Gasteiger partial charge in [-0.2, -0.15) is 0 Å². The molecule has 5 heteroatoms. The van der Waals surface area contributed by atoms with Crippen LogP contribution in [0.5, 0.6) is 11.5 Å². The van der Waals surface area contributed by atoms with E-state index in [-0.39, 0.29) is 23.2 Å². The summed E-state index contributed by atoms with van der Waals surface area (Å²) >= 11 is 6.30. The van der Waals surface area contributed by atoms with Crippen molar-refractivity contribution in [2.24, 2.45) is 0 Å². The Kier molecular flexibility index (Phi) is 4.64. The highest BCUT2D eigenvalue weighted by Crippen LogP contribution is 2.38. The lowest BCUT2D eigenvalue weighted by atomic mass is 10.1. The molecule has 3 rings (SSSR count). The molecule has 0 saturated carbocycles. The molecule has 0 N–H and O–H groups in total. The number of ketones is 2. The Balaban J connectivity index is 2.04. The van der Waals surface area contributed by atoms with Crippen LogP contribution < -0.4 is 9.47 Å². The number of hydrogen-bond donors (Lipinski definition) is 0. The van der Waals surface area contributed by atoms with Gasteiger partial charge in [0, 0.05) is 11.1 Å². The van der Waals surface area contributed by atoms with Gasteiger partial charge in [-0.3, -0.25) is 9.59 Å². The largest absolute Gasteiger partial charge is 0.493 e. The van der Waals surface area contributed by atoms with Gasteiger partial charge in [0.25, 0.3) is 0 Å². The first-order chi connectivity index (χ1) is 11.9. The number of allylic oxidation sites excluding steroid dienone is 1. The molecule has 0 radical (unpaired) electrons. The van der Waals surface area contributed by atoms with Crippen LogP contribution >= 0.6 is 11.6 Å². The Morgan fingerprint density at radius 2 is 1.64 bits per heavy atom. The minimum atomic E-state index is -0.279. The van der Waals surface area contributed by atoms with Crippen molar-refractivity contribution >= 4 is 29.2 Å². The van der Waals surface area contributed by atoms with Crippen LogP contribution in [-0.4, -0.2) is 24.8 Å². The predicted octanol–water partition coefficient (Wildman–Crippen LogP) is 4.60. The highest BCUT2D eigenvalue weighted by Gasteiger charge is 2.32. The minimum Gasteiger partial charge on any atom is -0.493 e. The maximum absolute atomic E-state index is 12.5. The third-order valence-corrected chi connectivity index (χ3v) is 4.10. The zero-order valence-electron chi connectivity index (χ0n) is 14.1. The Morgan fingerprint density at radius 3 is 2.16 bits per heavy atom. The number of methoxy groups -OCH3 is 1. The van der Waals surface area contributed by atoms with E-state index in [2.05, 4.69) is 0 Å². The first-order valence-corrected chi connectivity index (χ1v) is 8.24. The van der Waals surface area contributed by atoms with E-state index in [1.807, 2.05) is 13.8 Å². The number of carbonyl (C=O) groups excluding carboxylic acids is 2. The number of Topliss-reactive ketones (excluding diaryl/α,β-unsaturated/α-hetero) is 2. The standard InChI is InChI=1S/C20H17ClO4/c1-11(2)25-20-16(21)9-12(10-17(20)24-3)8-15-18(22)13-6-4-5-7-14(13)19(15)23/h4-11H,1-3H3. The highest BCUT2D eigenvalue weighted by molar-refractivity contribution is 6.41. The summed E-state index contributed by atoms with van der Waals surface area (Å²) in [6.45, 7) is 3.78. The van der Waals surface area contributed by atoms with Crippen molar-refractivity contribution in [1.29, 1.82) is 0 Å². The molecular weight excluding hydrogens is 340 g/mol. The van der Waals surface area contributed by atoms with Crippen molar-refractivity contribution in [1.82, 2.24) is 0 Å². The molecule has 0 bridgehead atoms. The summed E-state index contributed by atoms with van der Waals surface area (Å²) in [5.41, 5.74) is 1.58. The van der Waals surface area contributed by atoms with Gasteiger partial charge in [-0.1, -0.05) is 35.9 Å². The van der Waals surface area contributed by atoms with Crippen LogP contribution in [0.2, 0.25) is 5.02 Å². The molecule has 25 heavy (non-hydrogen) atoms. The summed E-state index contributed by atoms with van der Waals surface area (Å²) in [7, 11) is 1.51. The number of rotatable bonds is 4. The molecule has 0 unspecified atom stereocenters. The second kappa shape index (κ2) is 6.73. The van der Waals surface area contributed by atoms with E-state index >= 15 is 0 Å². The van der Waals surface area contributed by atoms with Crippen LogP contribution in [0.3, 0.4) is 0 Å². The molecule has 1 aliphatic rings. The fourth-order valence-corrected chi connectivity index (χ4v) is 3.01. The summed E-state index contributed by atoms with van der Waals surface area (Å²) < 4.78 is 11.0. The van der Waals surface area contributed by atoms with Crippen molar-refractivity contribution < 1.29 is 19.1 Å². The van der Waals surface area contributed by atoms with Crippen molar-refractivity contribution in [3.63, 3.8) is 0 Å². The molecule has 0 spiro atoms. The molecule has 0 atom stereocenters. The molecule has 2 aromatic carbocycles. The van der Waals surface area contributed by atoms with Crippen LogP contribution in [0.4, 0.5) is 0 Å². The summed E-state index contributed by atoms with van der Waals surface area (Å²) in [4.78, 5) is 25.0. The molecule has 1 aliphatic carbocycles. The van der Waals surface area contributed by atoms with Gasteiger partial charge in [0.15, 0.2) is 23.1 Å².